The zero-order valence-corrected chi connectivity index (χ0v) is 21.8. The molecule has 1 aliphatic rings. The number of benzene rings is 3. The lowest BCUT2D eigenvalue weighted by molar-refractivity contribution is -0.384. The number of rotatable bonds is 6. The van der Waals surface area contributed by atoms with Crippen LogP contribution in [0.1, 0.15) is 32.2 Å². The van der Waals surface area contributed by atoms with Crippen molar-refractivity contribution < 1.29 is 33.6 Å². The average molecular weight is 578 g/mol. The van der Waals surface area contributed by atoms with E-state index in [9.17, 15) is 39.5 Å². The number of carbonyl (C=O) groups excluding carboxylic acids is 2. The van der Waals surface area contributed by atoms with E-state index in [0.717, 1.165) is 6.07 Å². The van der Waals surface area contributed by atoms with Gasteiger partial charge in [-0.3, -0.25) is 19.7 Å². The van der Waals surface area contributed by atoms with Gasteiger partial charge in [0.1, 0.15) is 22.7 Å². The Hall–Kier alpha value is -6.30. The normalized spacial score (nSPS) is 13.3. The van der Waals surface area contributed by atoms with Gasteiger partial charge in [0, 0.05) is 41.6 Å². The molecule has 43 heavy (non-hydrogen) atoms. The standard InChI is InChI=1S/C31H18N2O10/c34-26-17-8-1-3-10-21(17)42-30(38)24(26)28(36)19-13-32-14-20(23(19)15-6-5-7-16(12-15)33(40)41)29(37)25-27(35)18-9-2-4-11-22(18)43-31(25)39/h1-14,23,32,34-35H. The van der Waals surface area contributed by atoms with Crippen molar-refractivity contribution in [3.8, 4) is 11.5 Å². The summed E-state index contributed by atoms with van der Waals surface area (Å²) < 4.78 is 10.5. The molecule has 0 saturated carbocycles. The monoisotopic (exact) mass is 578 g/mol. The number of dihydropyridines is 1. The molecular weight excluding hydrogens is 560 g/mol. The summed E-state index contributed by atoms with van der Waals surface area (Å²) in [6.45, 7) is 0. The van der Waals surface area contributed by atoms with Crippen molar-refractivity contribution in [3.63, 3.8) is 0 Å². The highest BCUT2D eigenvalue weighted by molar-refractivity contribution is 6.18. The third-order valence-electron chi connectivity index (χ3n) is 7.06. The third kappa shape index (κ3) is 4.43. The van der Waals surface area contributed by atoms with Gasteiger partial charge in [-0.15, -0.1) is 0 Å². The van der Waals surface area contributed by atoms with Gasteiger partial charge in [0.05, 0.1) is 15.7 Å². The lowest BCUT2D eigenvalue weighted by Crippen LogP contribution is -2.29. The van der Waals surface area contributed by atoms with Crippen LogP contribution < -0.4 is 16.6 Å². The number of ketones is 2. The van der Waals surface area contributed by atoms with E-state index in [1.54, 1.807) is 24.3 Å². The average Bonchev–Trinajstić information content (AvgIpc) is 3.00. The van der Waals surface area contributed by atoms with Gasteiger partial charge in [-0.05, 0) is 29.8 Å². The Morgan fingerprint density at radius 2 is 1.23 bits per heavy atom. The second-order valence-corrected chi connectivity index (χ2v) is 9.53. The summed E-state index contributed by atoms with van der Waals surface area (Å²) in [4.78, 5) is 64.7. The third-order valence-corrected chi connectivity index (χ3v) is 7.06. The van der Waals surface area contributed by atoms with Crippen LogP contribution in [0.3, 0.4) is 0 Å². The molecule has 3 heterocycles. The van der Waals surface area contributed by atoms with Gasteiger partial charge in [0.15, 0.2) is 11.1 Å². The zero-order valence-electron chi connectivity index (χ0n) is 21.8. The number of nitrogens with one attached hydrogen (secondary N) is 1. The van der Waals surface area contributed by atoms with Crippen LogP contribution in [0.25, 0.3) is 21.9 Å². The Bertz CT molecular complexity index is 2080. The Kier molecular flexibility index (Phi) is 6.42. The fourth-order valence-corrected chi connectivity index (χ4v) is 5.08. The van der Waals surface area contributed by atoms with Crippen molar-refractivity contribution in [2.24, 2.45) is 0 Å². The van der Waals surface area contributed by atoms with E-state index in [2.05, 4.69) is 5.32 Å². The highest BCUT2D eigenvalue weighted by Crippen LogP contribution is 2.40. The Morgan fingerprint density at radius 3 is 1.72 bits per heavy atom. The van der Waals surface area contributed by atoms with Crippen LogP contribution in [-0.2, 0) is 0 Å². The molecule has 6 rings (SSSR count). The first-order valence-corrected chi connectivity index (χ1v) is 12.7. The number of hydrogen-bond acceptors (Lipinski definition) is 11. The summed E-state index contributed by atoms with van der Waals surface area (Å²) in [7, 11) is 0. The van der Waals surface area contributed by atoms with Gasteiger partial charge in [0.2, 0.25) is 11.6 Å². The fourth-order valence-electron chi connectivity index (χ4n) is 5.08. The van der Waals surface area contributed by atoms with E-state index in [1.165, 1.54) is 54.9 Å². The molecule has 0 amide bonds. The quantitative estimate of drug-likeness (QED) is 0.112. The van der Waals surface area contributed by atoms with Crippen LogP contribution in [0.5, 0.6) is 11.5 Å². The van der Waals surface area contributed by atoms with Crippen molar-refractivity contribution in [1.29, 1.82) is 0 Å². The molecule has 5 aromatic rings. The highest BCUT2D eigenvalue weighted by Gasteiger charge is 2.38. The molecule has 0 radical (unpaired) electrons. The molecule has 0 bridgehead atoms. The highest BCUT2D eigenvalue weighted by atomic mass is 16.6. The maximum absolute atomic E-state index is 14.0. The summed E-state index contributed by atoms with van der Waals surface area (Å²) >= 11 is 0. The number of hydrogen-bond donors (Lipinski definition) is 3. The molecule has 212 valence electrons. The number of nitro groups is 1. The van der Waals surface area contributed by atoms with Gasteiger partial charge >= 0.3 is 11.3 Å². The summed E-state index contributed by atoms with van der Waals surface area (Å²) in [5.74, 6) is -4.82. The Labute approximate surface area is 239 Å². The van der Waals surface area contributed by atoms with Gasteiger partial charge < -0.3 is 24.4 Å². The smallest absolute Gasteiger partial charge is 0.351 e. The maximum Gasteiger partial charge on any atom is 0.351 e. The minimum absolute atomic E-state index is 0.0294. The number of fused-ring (bicyclic) bond motifs is 2. The number of aromatic hydroxyl groups is 2. The van der Waals surface area contributed by atoms with Crippen LogP contribution in [0.2, 0.25) is 0 Å². The molecule has 3 N–H and O–H groups in total. The second-order valence-electron chi connectivity index (χ2n) is 9.53. The maximum atomic E-state index is 14.0. The number of Topliss-reactive ketones (excluding diaryl/α,β-unsaturated/α-hetero) is 2. The molecule has 12 heteroatoms. The zero-order chi connectivity index (χ0) is 30.4. The first-order chi connectivity index (χ1) is 20.7. The minimum Gasteiger partial charge on any atom is -0.506 e. The molecule has 0 fully saturated rings. The molecule has 1 aliphatic heterocycles. The predicted octanol–water partition coefficient (Wildman–Crippen LogP) is 4.44. The summed E-state index contributed by atoms with van der Waals surface area (Å²) in [6.07, 6.45) is 2.33. The van der Waals surface area contributed by atoms with Crippen LogP contribution >= 0.6 is 0 Å². The van der Waals surface area contributed by atoms with Crippen LogP contribution in [0.15, 0.2) is 115 Å². The topological polar surface area (TPSA) is 190 Å². The number of carbonyl (C=O) groups is 2. The summed E-state index contributed by atoms with van der Waals surface area (Å²) in [6, 6.07) is 17.1. The number of para-hydroxylation sites is 2. The number of allylic oxidation sites excluding steroid dienone is 2. The lowest BCUT2D eigenvalue weighted by atomic mass is 9.78. The van der Waals surface area contributed by atoms with Crippen molar-refractivity contribution in [2.75, 3.05) is 0 Å². The number of non-ortho nitro benzene ring substituents is 1. The van der Waals surface area contributed by atoms with E-state index in [1.807, 2.05) is 0 Å². The van der Waals surface area contributed by atoms with Crippen molar-refractivity contribution >= 4 is 39.2 Å². The summed E-state index contributed by atoms with van der Waals surface area (Å²) in [5, 5.41) is 36.3. The number of nitro benzene ring substituents is 1. The first-order valence-electron chi connectivity index (χ1n) is 12.7. The van der Waals surface area contributed by atoms with Gasteiger partial charge in [0.25, 0.3) is 5.69 Å². The van der Waals surface area contributed by atoms with E-state index in [4.69, 9.17) is 8.83 Å². The van der Waals surface area contributed by atoms with Crippen molar-refractivity contribution in [2.45, 2.75) is 5.92 Å². The predicted molar refractivity (Wildman–Crippen MR) is 152 cm³/mol. The molecule has 12 nitrogen and oxygen atoms in total. The van der Waals surface area contributed by atoms with E-state index in [0.29, 0.717) is 0 Å². The molecule has 0 spiro atoms. The fraction of sp³-hybridized carbons (Fsp3) is 0.0323. The molecule has 3 aromatic carbocycles. The number of nitrogens with zero attached hydrogens (tertiary/aromatic N) is 1. The van der Waals surface area contributed by atoms with Crippen LogP contribution in [0, 0.1) is 10.1 Å². The van der Waals surface area contributed by atoms with E-state index < -0.39 is 56.3 Å². The largest absolute Gasteiger partial charge is 0.506 e. The van der Waals surface area contributed by atoms with Gasteiger partial charge in [-0.2, -0.15) is 0 Å². The SMILES string of the molecule is O=C(C1=CNC=C(C(=O)c2c(O)c3ccccc3oc2=O)C1c1cccc([N+](=O)[O-])c1)c1c(O)c2ccccc2oc1=O. The molecule has 0 saturated heterocycles. The summed E-state index contributed by atoms with van der Waals surface area (Å²) in [5.41, 5.74) is -4.58. The molecular formula is C31H18N2O10. The second kappa shape index (κ2) is 10.3. The minimum atomic E-state index is -1.41. The van der Waals surface area contributed by atoms with Crippen LogP contribution in [0.4, 0.5) is 5.69 Å². The lowest BCUT2D eigenvalue weighted by Gasteiger charge is -2.26. The van der Waals surface area contributed by atoms with Crippen molar-refractivity contribution in [1.82, 2.24) is 5.32 Å². The first kappa shape index (κ1) is 26.9. The Balaban J connectivity index is 1.54. The molecule has 0 unspecified atom stereocenters. The Morgan fingerprint density at radius 1 is 0.744 bits per heavy atom. The van der Waals surface area contributed by atoms with Crippen LogP contribution in [-0.4, -0.2) is 26.7 Å². The molecule has 0 atom stereocenters. The van der Waals surface area contributed by atoms with Gasteiger partial charge in [-0.25, -0.2) is 9.59 Å². The van der Waals surface area contributed by atoms with Gasteiger partial charge in [-0.1, -0.05) is 36.4 Å². The van der Waals surface area contributed by atoms with E-state index >= 15 is 0 Å². The van der Waals surface area contributed by atoms with Crippen molar-refractivity contribution in [3.05, 3.63) is 144 Å². The molecule has 0 aliphatic carbocycles. The molecule has 2 aromatic heterocycles. The van der Waals surface area contributed by atoms with E-state index in [-0.39, 0.29) is 44.3 Å².